The average Bonchev–Trinajstić information content (AvgIpc) is 3.68. The molecule has 5 fully saturated rings. The van der Waals surface area contributed by atoms with Crippen molar-refractivity contribution in [3.8, 4) is 0 Å². The molecule has 6 aliphatic carbocycles. The summed E-state index contributed by atoms with van der Waals surface area (Å²) in [6.07, 6.45) is 7.16. The van der Waals surface area contributed by atoms with E-state index in [1.54, 1.807) is 13.8 Å². The molecule has 0 saturated heterocycles. The van der Waals surface area contributed by atoms with Crippen LogP contribution >= 0.6 is 11.6 Å². The molecule has 1 aromatic rings. The molecule has 1 spiro atoms. The zero-order valence-corrected chi connectivity index (χ0v) is 39.0. The van der Waals surface area contributed by atoms with Gasteiger partial charge < -0.3 is 25.0 Å². The largest absolute Gasteiger partial charge is 0.481 e. The van der Waals surface area contributed by atoms with Crippen LogP contribution < -0.4 is 5.32 Å². The number of halogens is 1. The van der Waals surface area contributed by atoms with Gasteiger partial charge in [0.05, 0.1) is 23.7 Å². The van der Waals surface area contributed by atoms with E-state index in [4.69, 9.17) is 21.1 Å². The van der Waals surface area contributed by atoms with E-state index >= 15 is 0 Å². The van der Waals surface area contributed by atoms with Crippen molar-refractivity contribution < 1.29 is 43.7 Å². The molecule has 61 heavy (non-hydrogen) atoms. The number of carboxylic acid groups (broad SMARTS) is 2. The van der Waals surface area contributed by atoms with Gasteiger partial charge in [0.2, 0.25) is 0 Å². The predicted octanol–water partition coefficient (Wildman–Crippen LogP) is 9.99. The van der Waals surface area contributed by atoms with Crippen LogP contribution in [0.1, 0.15) is 152 Å². The molecule has 3 N–H and O–H groups in total. The summed E-state index contributed by atoms with van der Waals surface area (Å²) in [6.45, 7) is 21.1. The molecule has 0 aromatic heterocycles. The van der Waals surface area contributed by atoms with Crippen LogP contribution in [0.25, 0.3) is 0 Å². The van der Waals surface area contributed by atoms with Gasteiger partial charge in [-0.05, 0) is 154 Å². The molecule has 11 heteroatoms. The first-order valence-corrected chi connectivity index (χ1v) is 23.2. The van der Waals surface area contributed by atoms with E-state index in [-0.39, 0.29) is 70.1 Å². The molecule has 7 rings (SSSR count). The van der Waals surface area contributed by atoms with Gasteiger partial charge in [-0.15, -0.1) is 0 Å². The summed E-state index contributed by atoms with van der Waals surface area (Å²) in [5.41, 5.74) is -0.434. The highest BCUT2D eigenvalue weighted by molar-refractivity contribution is 6.30. The highest BCUT2D eigenvalue weighted by atomic mass is 35.5. The topological polar surface area (TPSA) is 156 Å². The van der Waals surface area contributed by atoms with E-state index < -0.39 is 46.2 Å². The number of ether oxygens (including phenoxy) is 2. The number of carbonyl (C=O) groups is 5. The average molecular weight is 865 g/mol. The van der Waals surface area contributed by atoms with E-state index in [0.717, 1.165) is 62.5 Å². The maximum atomic E-state index is 14.5. The van der Waals surface area contributed by atoms with Gasteiger partial charge in [-0.3, -0.25) is 24.0 Å². The molecule has 10 atom stereocenters. The molecule has 10 nitrogen and oxygen atoms in total. The van der Waals surface area contributed by atoms with Crippen molar-refractivity contribution in [1.29, 1.82) is 0 Å². The first-order valence-electron chi connectivity index (χ1n) is 22.8. The lowest BCUT2D eigenvalue weighted by Gasteiger charge is -2.71. The van der Waals surface area contributed by atoms with Crippen LogP contribution in [0.15, 0.2) is 35.4 Å². The van der Waals surface area contributed by atoms with Gasteiger partial charge in [0.25, 0.3) is 0 Å². The number of fused-ring (bicyclic) bond motifs is 6. The van der Waals surface area contributed by atoms with Gasteiger partial charge >= 0.3 is 23.9 Å². The van der Waals surface area contributed by atoms with Crippen molar-refractivity contribution in [2.24, 2.45) is 61.1 Å². The molecule has 0 aliphatic heterocycles. The monoisotopic (exact) mass is 863 g/mol. The minimum atomic E-state index is -1.31. The Balaban J connectivity index is 1.20. The number of aliphatic carboxylic acids is 2. The molecule has 6 aliphatic rings. The fraction of sp³-hybridized carbons (Fsp3) is 0.740. The number of benzene rings is 1. The number of esters is 2. The Hall–Kier alpha value is -3.24. The zero-order chi connectivity index (χ0) is 44.9. The summed E-state index contributed by atoms with van der Waals surface area (Å²) in [7, 11) is 0. The summed E-state index contributed by atoms with van der Waals surface area (Å²) >= 11 is 6.18. The third kappa shape index (κ3) is 7.02. The Bertz CT molecular complexity index is 2020. The van der Waals surface area contributed by atoms with E-state index in [1.807, 2.05) is 24.3 Å². The summed E-state index contributed by atoms with van der Waals surface area (Å²) in [6, 6.07) is 7.60. The van der Waals surface area contributed by atoms with E-state index in [1.165, 1.54) is 19.4 Å². The molecule has 0 radical (unpaired) electrons. The molecule has 0 bridgehead atoms. The number of Topliss-reactive ketones (excluding diaryl/α,β-unsaturated/α-hetero) is 1. The number of nitrogens with one attached hydrogen (secondary N) is 1. The molecule has 5 saturated carbocycles. The number of hydrogen-bond donors (Lipinski definition) is 3. The van der Waals surface area contributed by atoms with Gasteiger partial charge in [-0.1, -0.05) is 65.3 Å². The van der Waals surface area contributed by atoms with Crippen molar-refractivity contribution in [2.45, 2.75) is 165 Å². The summed E-state index contributed by atoms with van der Waals surface area (Å²) in [5, 5.41) is 23.8. The number of allylic oxidation sites excluding steroid dienone is 1. The van der Waals surface area contributed by atoms with Gasteiger partial charge in [-0.2, -0.15) is 0 Å². The maximum Gasteiger partial charge on any atom is 0.309 e. The standard InChI is InChI=1S/C50H70ClNO9/c1-29(2)39-33(53)23-49(36(61-38(55)25-44(5,6)42(58)59)27-52-26-30-11-13-31(51)14-12-30)21-19-45(7)32(40(39)49)15-16-34-46(45,8)20-22-50-28-48(50,10)35(17-18-47(34,50)9)60-37(54)24-43(3,4)41(56)57/h11-14,29,32,34-36,52H,15-28H2,1-10H3,(H,56,57)(H,58,59)/t32-,34+,35+,36?,45-,46-,47-,48?,49?,50+/m1/s1. The molecule has 3 unspecified atom stereocenters. The summed E-state index contributed by atoms with van der Waals surface area (Å²) in [4.78, 5) is 65.6. The van der Waals surface area contributed by atoms with Crippen LogP contribution in [0.3, 0.4) is 0 Å². The first kappa shape index (κ1) is 45.8. The van der Waals surface area contributed by atoms with Gasteiger partial charge in [0.15, 0.2) is 5.78 Å². The zero-order valence-electron chi connectivity index (χ0n) is 38.2. The van der Waals surface area contributed by atoms with Crippen molar-refractivity contribution in [3.63, 3.8) is 0 Å². The van der Waals surface area contributed by atoms with E-state index in [9.17, 15) is 34.2 Å². The Kier molecular flexibility index (Phi) is 11.4. The maximum absolute atomic E-state index is 14.5. The third-order valence-electron chi connectivity index (χ3n) is 18.5. The fourth-order valence-electron chi connectivity index (χ4n) is 14.6. The van der Waals surface area contributed by atoms with Crippen molar-refractivity contribution in [2.75, 3.05) is 6.54 Å². The number of ketones is 1. The number of carbonyl (C=O) groups excluding carboxylic acids is 3. The molecule has 0 amide bonds. The van der Waals surface area contributed by atoms with Crippen LogP contribution in [0, 0.1) is 61.1 Å². The second-order valence-electron chi connectivity index (χ2n) is 22.8. The van der Waals surface area contributed by atoms with E-state index in [0.29, 0.717) is 30.5 Å². The van der Waals surface area contributed by atoms with Crippen molar-refractivity contribution >= 4 is 41.3 Å². The number of carboxylic acids is 2. The molecule has 1 aromatic carbocycles. The lowest BCUT2D eigenvalue weighted by atomic mass is 9.33. The Labute approximate surface area is 367 Å². The lowest BCUT2D eigenvalue weighted by molar-refractivity contribution is -0.221. The summed E-state index contributed by atoms with van der Waals surface area (Å²) < 4.78 is 12.7. The van der Waals surface area contributed by atoms with Gasteiger partial charge in [0, 0.05) is 35.4 Å². The quantitative estimate of drug-likeness (QED) is 0.154. The first-order chi connectivity index (χ1) is 28.2. The second-order valence-corrected chi connectivity index (χ2v) is 23.3. The third-order valence-corrected chi connectivity index (χ3v) is 18.7. The van der Waals surface area contributed by atoms with Crippen LogP contribution in [-0.2, 0) is 40.0 Å². The minimum Gasteiger partial charge on any atom is -0.481 e. The second kappa shape index (κ2) is 15.2. The Morgan fingerprint density at radius 3 is 2.02 bits per heavy atom. The van der Waals surface area contributed by atoms with Crippen LogP contribution in [0.2, 0.25) is 5.02 Å². The normalized spacial score (nSPS) is 37.1. The summed E-state index contributed by atoms with van der Waals surface area (Å²) in [5.74, 6) is -2.43. The fourth-order valence-corrected chi connectivity index (χ4v) is 14.8. The molecular formula is C50H70ClNO9. The van der Waals surface area contributed by atoms with Crippen molar-refractivity contribution in [3.05, 3.63) is 46.0 Å². The molecule has 0 heterocycles. The molecule has 336 valence electrons. The number of rotatable bonds is 14. The smallest absolute Gasteiger partial charge is 0.309 e. The van der Waals surface area contributed by atoms with Crippen LogP contribution in [0.4, 0.5) is 0 Å². The SMILES string of the molecule is CC(C)C1=C2[C@H]3CC[C@@H]4[C@@]5(C)CC[C@H](OC(=O)CC(C)(C)C(=O)O)C6(C)C[C@]65CC[C@@]4(C)[C@]3(C)CCC2(C(CNCc2ccc(Cl)cc2)OC(=O)CC(C)(C)C(=O)O)CC1=O. The van der Waals surface area contributed by atoms with Gasteiger partial charge in [0.1, 0.15) is 12.2 Å². The lowest BCUT2D eigenvalue weighted by Crippen LogP contribution is -2.65. The Morgan fingerprint density at radius 1 is 0.803 bits per heavy atom. The van der Waals surface area contributed by atoms with Crippen LogP contribution in [-0.4, -0.2) is 58.6 Å². The van der Waals surface area contributed by atoms with Gasteiger partial charge in [-0.25, -0.2) is 0 Å². The molecular weight excluding hydrogens is 794 g/mol. The number of hydrogen-bond acceptors (Lipinski definition) is 8. The Morgan fingerprint density at radius 2 is 1.41 bits per heavy atom. The van der Waals surface area contributed by atoms with Crippen molar-refractivity contribution in [1.82, 2.24) is 5.32 Å². The predicted molar refractivity (Wildman–Crippen MR) is 232 cm³/mol. The highest BCUT2D eigenvalue weighted by Gasteiger charge is 2.82. The highest BCUT2D eigenvalue weighted by Crippen LogP contribution is 2.87. The minimum absolute atomic E-state index is 0.0139. The van der Waals surface area contributed by atoms with E-state index in [2.05, 4.69) is 46.9 Å². The van der Waals surface area contributed by atoms with Crippen LogP contribution in [0.5, 0.6) is 0 Å².